The average molecular weight is 400 g/mol. The first-order valence-electron chi connectivity index (χ1n) is 9.20. The summed E-state index contributed by atoms with van der Waals surface area (Å²) in [6.45, 7) is 1.54. The van der Waals surface area contributed by atoms with E-state index in [0.29, 0.717) is 22.7 Å². The van der Waals surface area contributed by atoms with Crippen LogP contribution in [0.2, 0.25) is 5.02 Å². The standard InChI is InChI=1S/C19H26ClN3O2.ClH/c20-14-7-8-16(19(25)23-9-2-1-3-10-23)17(12-14)22-18(24)13-5-4-6-15(21)11-13;/h7-8,12-13,15H,1-6,9-11,21H2,(H,22,24);1H. The maximum atomic E-state index is 12.9. The number of hydrogen-bond donors (Lipinski definition) is 2. The zero-order valence-electron chi connectivity index (χ0n) is 14.9. The molecule has 0 bridgehead atoms. The molecule has 7 heteroatoms. The Labute approximate surface area is 166 Å². The molecule has 3 rings (SSSR count). The Hall–Kier alpha value is -1.30. The average Bonchev–Trinajstić information content (AvgIpc) is 2.62. The highest BCUT2D eigenvalue weighted by Crippen LogP contribution is 2.28. The summed E-state index contributed by atoms with van der Waals surface area (Å²) in [6.07, 6.45) is 6.70. The number of likely N-dealkylation sites (tertiary alicyclic amines) is 1. The van der Waals surface area contributed by atoms with E-state index >= 15 is 0 Å². The van der Waals surface area contributed by atoms with E-state index in [-0.39, 0.29) is 36.2 Å². The van der Waals surface area contributed by atoms with Gasteiger partial charge in [0.15, 0.2) is 0 Å². The van der Waals surface area contributed by atoms with Crippen molar-refractivity contribution in [1.29, 1.82) is 0 Å². The number of amides is 2. The fourth-order valence-corrected chi connectivity index (χ4v) is 3.95. The molecule has 2 unspecified atom stereocenters. The fraction of sp³-hybridized carbons (Fsp3) is 0.579. The second-order valence-corrected chi connectivity index (χ2v) is 7.59. The van der Waals surface area contributed by atoms with Crippen molar-refractivity contribution in [2.24, 2.45) is 11.7 Å². The molecule has 0 radical (unpaired) electrons. The molecular weight excluding hydrogens is 373 g/mol. The Morgan fingerprint density at radius 3 is 2.54 bits per heavy atom. The van der Waals surface area contributed by atoms with Gasteiger partial charge < -0.3 is 16.0 Å². The largest absolute Gasteiger partial charge is 0.339 e. The smallest absolute Gasteiger partial charge is 0.255 e. The molecule has 5 nitrogen and oxygen atoms in total. The predicted molar refractivity (Wildman–Crippen MR) is 107 cm³/mol. The first-order valence-corrected chi connectivity index (χ1v) is 9.57. The van der Waals surface area contributed by atoms with E-state index in [1.54, 1.807) is 18.2 Å². The minimum absolute atomic E-state index is 0. The van der Waals surface area contributed by atoms with Gasteiger partial charge in [-0.05, 0) is 56.7 Å². The van der Waals surface area contributed by atoms with E-state index in [0.717, 1.165) is 51.6 Å². The number of nitrogens with one attached hydrogen (secondary N) is 1. The Balaban J connectivity index is 0.00000243. The summed E-state index contributed by atoms with van der Waals surface area (Å²) in [5.74, 6) is -0.196. The number of benzene rings is 1. The molecule has 1 aliphatic carbocycles. The monoisotopic (exact) mass is 399 g/mol. The normalized spacial score (nSPS) is 23.1. The summed E-state index contributed by atoms with van der Waals surface area (Å²) in [4.78, 5) is 27.4. The van der Waals surface area contributed by atoms with Gasteiger partial charge in [-0.3, -0.25) is 9.59 Å². The molecule has 0 aromatic heterocycles. The van der Waals surface area contributed by atoms with Crippen molar-refractivity contribution in [3.05, 3.63) is 28.8 Å². The van der Waals surface area contributed by atoms with Crippen LogP contribution in [0, 0.1) is 5.92 Å². The second kappa shape index (κ2) is 9.58. The fourth-order valence-electron chi connectivity index (χ4n) is 3.77. The summed E-state index contributed by atoms with van der Waals surface area (Å²) in [5.41, 5.74) is 7.01. The van der Waals surface area contributed by atoms with Crippen molar-refractivity contribution in [3.8, 4) is 0 Å². The molecule has 1 aromatic carbocycles. The van der Waals surface area contributed by atoms with E-state index in [1.165, 1.54) is 0 Å². The zero-order valence-corrected chi connectivity index (χ0v) is 16.5. The highest BCUT2D eigenvalue weighted by atomic mass is 35.5. The first-order chi connectivity index (χ1) is 12.0. The lowest BCUT2D eigenvalue weighted by molar-refractivity contribution is -0.120. The number of halogens is 2. The molecule has 0 spiro atoms. The van der Waals surface area contributed by atoms with Crippen LogP contribution in [-0.2, 0) is 4.79 Å². The van der Waals surface area contributed by atoms with Crippen LogP contribution < -0.4 is 11.1 Å². The first kappa shape index (κ1) is 21.0. The van der Waals surface area contributed by atoms with Gasteiger partial charge in [0, 0.05) is 30.1 Å². The van der Waals surface area contributed by atoms with Crippen LogP contribution in [0.5, 0.6) is 0 Å². The molecule has 3 N–H and O–H groups in total. The molecule has 1 saturated carbocycles. The number of piperidine rings is 1. The van der Waals surface area contributed by atoms with Gasteiger partial charge in [0.2, 0.25) is 5.91 Å². The van der Waals surface area contributed by atoms with E-state index in [4.69, 9.17) is 17.3 Å². The summed E-state index contributed by atoms with van der Waals surface area (Å²) in [5, 5.41) is 3.44. The highest BCUT2D eigenvalue weighted by Gasteiger charge is 2.27. The molecule has 1 heterocycles. The van der Waals surface area contributed by atoms with Crippen molar-refractivity contribution in [3.63, 3.8) is 0 Å². The molecule has 1 aliphatic heterocycles. The summed E-state index contributed by atoms with van der Waals surface area (Å²) in [7, 11) is 0. The Bertz CT molecular complexity index is 648. The second-order valence-electron chi connectivity index (χ2n) is 7.16. The van der Waals surface area contributed by atoms with Gasteiger partial charge in [0.25, 0.3) is 5.91 Å². The predicted octanol–water partition coefficient (Wildman–Crippen LogP) is 3.84. The number of nitrogens with two attached hydrogens (primary N) is 1. The van der Waals surface area contributed by atoms with Crippen molar-refractivity contribution in [2.75, 3.05) is 18.4 Å². The topological polar surface area (TPSA) is 75.4 Å². The van der Waals surface area contributed by atoms with Crippen molar-refractivity contribution < 1.29 is 9.59 Å². The summed E-state index contributed by atoms with van der Waals surface area (Å²) in [6, 6.07) is 5.16. The molecule has 1 saturated heterocycles. The van der Waals surface area contributed by atoms with Gasteiger partial charge in [0.05, 0.1) is 11.3 Å². The van der Waals surface area contributed by atoms with Crippen LogP contribution in [-0.4, -0.2) is 35.8 Å². The lowest BCUT2D eigenvalue weighted by Gasteiger charge is -2.28. The lowest BCUT2D eigenvalue weighted by Crippen LogP contribution is -2.37. The molecule has 2 fully saturated rings. The quantitative estimate of drug-likeness (QED) is 0.810. The van der Waals surface area contributed by atoms with Crippen molar-refractivity contribution in [1.82, 2.24) is 4.90 Å². The van der Waals surface area contributed by atoms with E-state index in [9.17, 15) is 9.59 Å². The minimum atomic E-state index is -0.0966. The Morgan fingerprint density at radius 2 is 1.85 bits per heavy atom. The summed E-state index contributed by atoms with van der Waals surface area (Å²) < 4.78 is 0. The van der Waals surface area contributed by atoms with Crippen LogP contribution in [0.25, 0.3) is 0 Å². The molecule has 1 aromatic rings. The lowest BCUT2D eigenvalue weighted by atomic mass is 9.85. The molecule has 2 aliphatic rings. The zero-order chi connectivity index (χ0) is 17.8. The maximum absolute atomic E-state index is 12.9. The SMILES string of the molecule is Cl.NC1CCCC(C(=O)Nc2cc(Cl)ccc2C(=O)N2CCCCC2)C1. The van der Waals surface area contributed by atoms with Crippen molar-refractivity contribution >= 4 is 41.5 Å². The van der Waals surface area contributed by atoms with Gasteiger partial charge in [-0.25, -0.2) is 0 Å². The number of hydrogen-bond acceptors (Lipinski definition) is 3. The molecular formula is C19H27Cl2N3O2. The third-order valence-corrected chi connectivity index (χ3v) is 5.43. The maximum Gasteiger partial charge on any atom is 0.255 e. The van der Waals surface area contributed by atoms with Crippen LogP contribution in [0.1, 0.15) is 55.3 Å². The molecule has 2 amide bonds. The molecule has 144 valence electrons. The van der Waals surface area contributed by atoms with Gasteiger partial charge in [-0.15, -0.1) is 12.4 Å². The Kier molecular flexibility index (Phi) is 7.74. The van der Waals surface area contributed by atoms with Crippen LogP contribution in [0.3, 0.4) is 0 Å². The minimum Gasteiger partial charge on any atom is -0.339 e. The molecule has 2 atom stereocenters. The van der Waals surface area contributed by atoms with Gasteiger partial charge >= 0.3 is 0 Å². The van der Waals surface area contributed by atoms with Crippen molar-refractivity contribution in [2.45, 2.75) is 51.0 Å². The van der Waals surface area contributed by atoms with E-state index in [1.807, 2.05) is 4.90 Å². The number of carbonyl (C=O) groups excluding carboxylic acids is 2. The van der Waals surface area contributed by atoms with E-state index in [2.05, 4.69) is 5.32 Å². The van der Waals surface area contributed by atoms with E-state index < -0.39 is 0 Å². The van der Waals surface area contributed by atoms with Crippen LogP contribution >= 0.6 is 24.0 Å². The number of rotatable bonds is 3. The van der Waals surface area contributed by atoms with Crippen LogP contribution in [0.4, 0.5) is 5.69 Å². The third-order valence-electron chi connectivity index (χ3n) is 5.20. The molecule has 26 heavy (non-hydrogen) atoms. The summed E-state index contributed by atoms with van der Waals surface area (Å²) >= 11 is 6.10. The van der Waals surface area contributed by atoms with Gasteiger partial charge in [0.1, 0.15) is 0 Å². The highest BCUT2D eigenvalue weighted by molar-refractivity contribution is 6.31. The Morgan fingerprint density at radius 1 is 1.12 bits per heavy atom. The number of carbonyl (C=O) groups is 2. The number of anilines is 1. The van der Waals surface area contributed by atoms with Gasteiger partial charge in [-0.2, -0.15) is 0 Å². The number of nitrogens with zero attached hydrogens (tertiary/aromatic N) is 1. The van der Waals surface area contributed by atoms with Crippen LogP contribution in [0.15, 0.2) is 18.2 Å². The third kappa shape index (κ3) is 5.12. The van der Waals surface area contributed by atoms with Gasteiger partial charge in [-0.1, -0.05) is 18.0 Å².